The predicted octanol–water partition coefficient (Wildman–Crippen LogP) is 2.07. The molecule has 0 radical (unpaired) electrons. The van der Waals surface area contributed by atoms with Gasteiger partial charge in [0.1, 0.15) is 5.82 Å². The topological polar surface area (TPSA) is 62.7 Å². The van der Waals surface area contributed by atoms with Crippen molar-refractivity contribution in [3.8, 4) is 0 Å². The molecule has 1 heterocycles. The first-order chi connectivity index (χ1) is 9.52. The van der Waals surface area contributed by atoms with E-state index in [9.17, 15) is 9.18 Å². The van der Waals surface area contributed by atoms with Crippen molar-refractivity contribution in [3.05, 3.63) is 40.1 Å². The number of hydrogen-bond donors (Lipinski definition) is 2. The highest BCUT2D eigenvalue weighted by atomic mass is 32.2. The van der Waals surface area contributed by atoms with Crippen LogP contribution >= 0.6 is 11.8 Å². The number of hydrogen-bond acceptors (Lipinski definition) is 4. The van der Waals surface area contributed by atoms with Crippen molar-refractivity contribution in [1.29, 1.82) is 0 Å². The van der Waals surface area contributed by atoms with Crippen LogP contribution in [0.25, 0.3) is 0 Å². The molecular weight excluding hydrogens is 279 g/mol. The van der Waals surface area contributed by atoms with E-state index >= 15 is 0 Å². The molecule has 0 aliphatic heterocycles. The molecule has 0 bridgehead atoms. The molecule has 0 saturated heterocycles. The van der Waals surface area contributed by atoms with Gasteiger partial charge in [-0.25, -0.2) is 14.3 Å². The van der Waals surface area contributed by atoms with Gasteiger partial charge < -0.3 is 5.32 Å². The molecule has 1 aromatic heterocycles. The molecule has 20 heavy (non-hydrogen) atoms. The Morgan fingerprint density at radius 1 is 1.55 bits per heavy atom. The van der Waals surface area contributed by atoms with Crippen LogP contribution in [0, 0.1) is 5.82 Å². The second-order valence-corrected chi connectivity index (χ2v) is 5.45. The van der Waals surface area contributed by atoms with Crippen LogP contribution in [0.4, 0.5) is 4.39 Å². The van der Waals surface area contributed by atoms with E-state index in [1.807, 2.05) is 19.9 Å². The number of nitrogens with zero attached hydrogens (tertiary/aromatic N) is 2. The average Bonchev–Trinajstić information content (AvgIpc) is 2.73. The zero-order valence-corrected chi connectivity index (χ0v) is 12.4. The minimum atomic E-state index is -0.315. The van der Waals surface area contributed by atoms with Crippen molar-refractivity contribution in [2.24, 2.45) is 7.05 Å². The molecule has 1 aromatic carbocycles. The van der Waals surface area contributed by atoms with Crippen molar-refractivity contribution in [2.45, 2.75) is 29.9 Å². The standard InChI is InChI=1S/C13H17FN4OS/c1-4-15-8(2)9-5-6-11(10(14)7-9)20-13-17-16-12(19)18(13)3/h5-8,15H,4H2,1-3H3,(H,16,19). The van der Waals surface area contributed by atoms with Crippen molar-refractivity contribution < 1.29 is 4.39 Å². The molecule has 0 saturated carbocycles. The Kier molecular flexibility index (Phi) is 4.61. The van der Waals surface area contributed by atoms with E-state index in [0.29, 0.717) is 10.1 Å². The van der Waals surface area contributed by atoms with E-state index in [2.05, 4.69) is 15.5 Å². The maximum Gasteiger partial charge on any atom is 0.343 e. The fourth-order valence-electron chi connectivity index (χ4n) is 1.82. The van der Waals surface area contributed by atoms with Crippen molar-refractivity contribution >= 4 is 11.8 Å². The van der Waals surface area contributed by atoms with Crippen LogP contribution in [0.1, 0.15) is 25.5 Å². The molecule has 2 aromatic rings. The summed E-state index contributed by atoms with van der Waals surface area (Å²) in [4.78, 5) is 11.7. The maximum atomic E-state index is 14.1. The minimum Gasteiger partial charge on any atom is -0.310 e. The van der Waals surface area contributed by atoms with Crippen LogP contribution in [0.15, 0.2) is 33.0 Å². The molecule has 7 heteroatoms. The Morgan fingerprint density at radius 3 is 2.85 bits per heavy atom. The summed E-state index contributed by atoms with van der Waals surface area (Å²) >= 11 is 1.12. The molecule has 0 fully saturated rings. The molecule has 0 aliphatic carbocycles. The maximum absolute atomic E-state index is 14.1. The summed E-state index contributed by atoms with van der Waals surface area (Å²) in [6.45, 7) is 4.83. The van der Waals surface area contributed by atoms with Gasteiger partial charge in [0.05, 0.1) is 4.90 Å². The number of H-pyrrole nitrogens is 1. The minimum absolute atomic E-state index is 0.100. The zero-order chi connectivity index (χ0) is 14.7. The molecule has 2 rings (SSSR count). The van der Waals surface area contributed by atoms with Gasteiger partial charge in [-0.2, -0.15) is 0 Å². The van der Waals surface area contributed by atoms with E-state index in [4.69, 9.17) is 0 Å². The van der Waals surface area contributed by atoms with Crippen molar-refractivity contribution in [3.63, 3.8) is 0 Å². The third-order valence-electron chi connectivity index (χ3n) is 3.01. The predicted molar refractivity (Wildman–Crippen MR) is 76.4 cm³/mol. The number of benzene rings is 1. The Balaban J connectivity index is 2.22. The molecule has 0 spiro atoms. The van der Waals surface area contributed by atoms with Gasteiger partial charge in [-0.15, -0.1) is 5.10 Å². The summed E-state index contributed by atoms with van der Waals surface area (Å²) in [6, 6.07) is 5.20. The summed E-state index contributed by atoms with van der Waals surface area (Å²) in [5.74, 6) is -0.312. The van der Waals surface area contributed by atoms with Crippen molar-refractivity contribution in [1.82, 2.24) is 20.1 Å². The Hall–Kier alpha value is -1.60. The van der Waals surface area contributed by atoms with Crippen molar-refractivity contribution in [2.75, 3.05) is 6.54 Å². The first kappa shape index (κ1) is 14.8. The first-order valence-electron chi connectivity index (χ1n) is 6.35. The fraction of sp³-hybridized carbons (Fsp3) is 0.385. The third kappa shape index (κ3) is 3.10. The van der Waals surface area contributed by atoms with Gasteiger partial charge in [0.25, 0.3) is 0 Å². The molecule has 1 unspecified atom stereocenters. The number of nitrogens with one attached hydrogen (secondary N) is 2. The van der Waals surface area contributed by atoms with Gasteiger partial charge in [-0.1, -0.05) is 13.0 Å². The van der Waals surface area contributed by atoms with E-state index < -0.39 is 0 Å². The van der Waals surface area contributed by atoms with Crippen LogP contribution in [-0.4, -0.2) is 21.3 Å². The first-order valence-corrected chi connectivity index (χ1v) is 7.16. The van der Waals surface area contributed by atoms with Crippen LogP contribution in [0.2, 0.25) is 0 Å². The molecular formula is C13H17FN4OS. The highest BCUT2D eigenvalue weighted by Crippen LogP contribution is 2.29. The smallest absolute Gasteiger partial charge is 0.310 e. The van der Waals surface area contributed by atoms with Gasteiger partial charge in [0, 0.05) is 13.1 Å². The van der Waals surface area contributed by atoms with Crippen LogP contribution in [-0.2, 0) is 7.05 Å². The molecule has 0 aliphatic rings. The molecule has 5 nitrogen and oxygen atoms in total. The lowest BCUT2D eigenvalue weighted by molar-refractivity contribution is 0.571. The summed E-state index contributed by atoms with van der Waals surface area (Å²) < 4.78 is 15.4. The summed E-state index contributed by atoms with van der Waals surface area (Å²) in [6.07, 6.45) is 0. The quantitative estimate of drug-likeness (QED) is 0.886. The van der Waals surface area contributed by atoms with E-state index in [1.165, 1.54) is 10.6 Å². The van der Waals surface area contributed by atoms with E-state index in [1.54, 1.807) is 13.1 Å². The third-order valence-corrected chi connectivity index (χ3v) is 4.10. The summed E-state index contributed by atoms with van der Waals surface area (Å²) in [5.41, 5.74) is 0.579. The van der Waals surface area contributed by atoms with Crippen LogP contribution < -0.4 is 11.0 Å². The molecule has 0 amide bonds. The number of halogens is 1. The molecule has 2 N–H and O–H groups in total. The van der Waals surface area contributed by atoms with Gasteiger partial charge in [0.2, 0.25) is 0 Å². The SMILES string of the molecule is CCNC(C)c1ccc(Sc2n[nH]c(=O)n2C)c(F)c1. The van der Waals surface area contributed by atoms with Gasteiger partial charge in [-0.3, -0.25) is 4.57 Å². The highest BCUT2D eigenvalue weighted by Gasteiger charge is 2.12. The second kappa shape index (κ2) is 6.23. The normalized spacial score (nSPS) is 12.6. The number of aromatic amines is 1. The summed E-state index contributed by atoms with van der Waals surface area (Å²) in [7, 11) is 1.59. The number of rotatable bonds is 5. The number of aromatic nitrogens is 3. The second-order valence-electron chi connectivity index (χ2n) is 4.44. The lowest BCUT2D eigenvalue weighted by atomic mass is 10.1. The van der Waals surface area contributed by atoms with Gasteiger partial charge >= 0.3 is 5.69 Å². The monoisotopic (exact) mass is 296 g/mol. The Bertz CT molecular complexity index is 652. The average molecular weight is 296 g/mol. The highest BCUT2D eigenvalue weighted by molar-refractivity contribution is 7.99. The Labute approximate surface area is 120 Å². The van der Waals surface area contributed by atoms with E-state index in [0.717, 1.165) is 23.9 Å². The van der Waals surface area contributed by atoms with E-state index in [-0.39, 0.29) is 17.5 Å². The van der Waals surface area contributed by atoms with Crippen LogP contribution in [0.5, 0.6) is 0 Å². The van der Waals surface area contributed by atoms with Gasteiger partial charge in [0.15, 0.2) is 5.16 Å². The lowest BCUT2D eigenvalue weighted by Gasteiger charge is -2.13. The molecule has 1 atom stereocenters. The van der Waals surface area contributed by atoms with Crippen LogP contribution in [0.3, 0.4) is 0 Å². The zero-order valence-electron chi connectivity index (χ0n) is 11.6. The molecule has 108 valence electrons. The van der Waals surface area contributed by atoms with Gasteiger partial charge in [-0.05, 0) is 42.9 Å². The largest absolute Gasteiger partial charge is 0.343 e. The lowest BCUT2D eigenvalue weighted by Crippen LogP contribution is -2.17. The fourth-order valence-corrected chi connectivity index (χ4v) is 2.62. The summed E-state index contributed by atoms with van der Waals surface area (Å²) in [5, 5.41) is 9.84. The Morgan fingerprint density at radius 2 is 2.30 bits per heavy atom.